The molecule has 9 nitrogen and oxygen atoms in total. The number of hydrogen-bond acceptors (Lipinski definition) is 7. The number of anilines is 2. The molecule has 2 aliphatic heterocycles. The second-order valence-corrected chi connectivity index (χ2v) is 9.93. The van der Waals surface area contributed by atoms with E-state index in [1.807, 2.05) is 34.1 Å². The maximum Gasteiger partial charge on any atom is 0.420 e. The van der Waals surface area contributed by atoms with E-state index in [0.717, 1.165) is 23.4 Å². The number of carbonyl (C=O) groups excluding carboxylic acids is 2. The van der Waals surface area contributed by atoms with Crippen LogP contribution in [-0.4, -0.2) is 82.5 Å². The van der Waals surface area contributed by atoms with Gasteiger partial charge in [-0.1, -0.05) is 7.43 Å². The number of hydrogen-bond donors (Lipinski definition) is 2. The second kappa shape index (κ2) is 12.5. The maximum absolute atomic E-state index is 13.1. The third-order valence-electron chi connectivity index (χ3n) is 7.26. The maximum atomic E-state index is 13.1. The summed E-state index contributed by atoms with van der Waals surface area (Å²) >= 11 is 0. The van der Waals surface area contributed by atoms with Gasteiger partial charge in [0.15, 0.2) is 5.82 Å². The third-order valence-corrected chi connectivity index (χ3v) is 7.26. The lowest BCUT2D eigenvalue weighted by Crippen LogP contribution is -2.51. The van der Waals surface area contributed by atoms with Gasteiger partial charge in [0.2, 0.25) is 11.8 Å². The number of amides is 2. The number of likely N-dealkylation sites (tertiary alicyclic amines) is 1. The summed E-state index contributed by atoms with van der Waals surface area (Å²) in [6.45, 7) is 3.65. The Hall–Kier alpha value is -4.19. The molecule has 0 aliphatic carbocycles. The van der Waals surface area contributed by atoms with Crippen LogP contribution in [0.25, 0.3) is 11.4 Å². The van der Waals surface area contributed by atoms with Crippen LogP contribution in [0, 0.1) is 5.92 Å². The fourth-order valence-electron chi connectivity index (χ4n) is 5.05. The van der Waals surface area contributed by atoms with Crippen LogP contribution in [0.3, 0.4) is 0 Å². The first kappa shape index (κ1) is 29.8. The van der Waals surface area contributed by atoms with Crippen molar-refractivity contribution in [3.8, 4) is 17.1 Å². The van der Waals surface area contributed by atoms with Crippen LogP contribution in [0.15, 0.2) is 60.9 Å². The molecule has 41 heavy (non-hydrogen) atoms. The Labute approximate surface area is 236 Å². The van der Waals surface area contributed by atoms with Crippen LogP contribution >= 0.6 is 0 Å². The van der Waals surface area contributed by atoms with Crippen molar-refractivity contribution in [2.24, 2.45) is 5.92 Å². The molecule has 0 unspecified atom stereocenters. The van der Waals surface area contributed by atoms with Crippen LogP contribution in [0.5, 0.6) is 5.75 Å². The Balaban J connectivity index is 0.00000387. The Morgan fingerprint density at radius 3 is 2.32 bits per heavy atom. The van der Waals surface area contributed by atoms with Gasteiger partial charge < -0.3 is 20.2 Å². The van der Waals surface area contributed by atoms with Crippen LogP contribution in [0.4, 0.5) is 24.5 Å². The molecule has 2 aliphatic rings. The Morgan fingerprint density at radius 2 is 1.66 bits per heavy atom. The molecule has 0 saturated carbocycles. The molecule has 2 fully saturated rings. The highest BCUT2D eigenvalue weighted by atomic mass is 19.4. The minimum Gasteiger partial charge on any atom is -0.507 e. The number of nitrogens with zero attached hydrogens (tertiary/aromatic N) is 5. The molecule has 1 atom stereocenters. The molecule has 2 aromatic carbocycles. The number of alkyl halides is 3. The molecule has 5 rings (SSSR count). The highest BCUT2D eigenvalue weighted by Crippen LogP contribution is 2.37. The number of rotatable bonds is 6. The van der Waals surface area contributed by atoms with E-state index >= 15 is 0 Å². The number of aromatic nitrogens is 2. The number of aromatic hydroxyl groups is 1. The van der Waals surface area contributed by atoms with E-state index in [1.165, 1.54) is 6.07 Å². The molecule has 3 aromatic rings. The molecule has 3 heterocycles. The first-order valence-corrected chi connectivity index (χ1v) is 13.0. The van der Waals surface area contributed by atoms with Crippen molar-refractivity contribution < 1.29 is 27.9 Å². The number of halogens is 3. The lowest BCUT2D eigenvalue weighted by molar-refractivity contribution is -0.138. The summed E-state index contributed by atoms with van der Waals surface area (Å²) in [4.78, 5) is 40.1. The molecule has 218 valence electrons. The van der Waals surface area contributed by atoms with E-state index in [9.17, 15) is 27.9 Å². The summed E-state index contributed by atoms with van der Waals surface area (Å²) in [5, 5.41) is 12.0. The van der Waals surface area contributed by atoms with Gasteiger partial charge in [-0.2, -0.15) is 13.2 Å². The quantitative estimate of drug-likeness (QED) is 0.430. The SMILES string of the molecule is C.O=C(Nc1ccc(O)c(C(F)(F)F)c1)[C@@H]1CCN(CC(=O)N2CCN(c3ccc(-c4ncccn4)cc3)CC2)C1. The van der Waals surface area contributed by atoms with Crippen molar-refractivity contribution in [1.29, 1.82) is 0 Å². The van der Waals surface area contributed by atoms with Gasteiger partial charge in [0.25, 0.3) is 0 Å². The van der Waals surface area contributed by atoms with Gasteiger partial charge >= 0.3 is 6.18 Å². The highest BCUT2D eigenvalue weighted by molar-refractivity contribution is 5.93. The average molecular weight is 571 g/mol. The number of piperazine rings is 1. The first-order chi connectivity index (χ1) is 19.2. The van der Waals surface area contributed by atoms with Gasteiger partial charge in [0, 0.05) is 62.1 Å². The van der Waals surface area contributed by atoms with Crippen LogP contribution in [0.2, 0.25) is 0 Å². The lowest BCUT2D eigenvalue weighted by Gasteiger charge is -2.36. The highest BCUT2D eigenvalue weighted by Gasteiger charge is 2.35. The van der Waals surface area contributed by atoms with Crippen molar-refractivity contribution in [2.75, 3.05) is 56.0 Å². The summed E-state index contributed by atoms with van der Waals surface area (Å²) in [7, 11) is 0. The third kappa shape index (κ3) is 7.12. The predicted octanol–water partition coefficient (Wildman–Crippen LogP) is 4.11. The Bertz CT molecular complexity index is 1350. The van der Waals surface area contributed by atoms with E-state index in [2.05, 4.69) is 20.2 Å². The van der Waals surface area contributed by atoms with Gasteiger partial charge in [0.05, 0.1) is 18.0 Å². The van der Waals surface area contributed by atoms with Gasteiger partial charge in [-0.25, -0.2) is 9.97 Å². The van der Waals surface area contributed by atoms with E-state index < -0.39 is 29.3 Å². The molecule has 0 bridgehead atoms. The normalized spacial score (nSPS) is 17.7. The van der Waals surface area contributed by atoms with Crippen LogP contribution in [-0.2, 0) is 15.8 Å². The average Bonchev–Trinajstić information content (AvgIpc) is 3.43. The molecule has 2 N–H and O–H groups in total. The molecule has 2 amide bonds. The number of phenolic OH excluding ortho intramolecular Hbond substituents is 1. The summed E-state index contributed by atoms with van der Waals surface area (Å²) < 4.78 is 39.2. The Kier molecular flexibility index (Phi) is 9.11. The Morgan fingerprint density at radius 1 is 0.976 bits per heavy atom. The van der Waals surface area contributed by atoms with Crippen LogP contribution < -0.4 is 10.2 Å². The van der Waals surface area contributed by atoms with Gasteiger partial charge in [0.1, 0.15) is 5.75 Å². The predicted molar refractivity (Wildman–Crippen MR) is 149 cm³/mol. The smallest absolute Gasteiger partial charge is 0.420 e. The summed E-state index contributed by atoms with van der Waals surface area (Å²) in [5.74, 6) is -1.09. The van der Waals surface area contributed by atoms with Gasteiger partial charge in [-0.05, 0) is 61.5 Å². The van der Waals surface area contributed by atoms with E-state index in [4.69, 9.17) is 0 Å². The lowest BCUT2D eigenvalue weighted by atomic mass is 10.1. The molecular weight excluding hydrogens is 537 g/mol. The van der Waals surface area contributed by atoms with Crippen molar-refractivity contribution in [3.05, 3.63) is 66.5 Å². The monoisotopic (exact) mass is 570 g/mol. The number of carbonyl (C=O) groups is 2. The number of nitrogens with one attached hydrogen (secondary N) is 1. The zero-order chi connectivity index (χ0) is 28.3. The van der Waals surface area contributed by atoms with E-state index in [1.54, 1.807) is 18.5 Å². The van der Waals surface area contributed by atoms with Crippen molar-refractivity contribution >= 4 is 23.2 Å². The standard InChI is InChI=1S/C28H29F3N6O3.CH4/c29-28(30,31)23-16-21(4-7-24(23)38)34-27(40)20-8-11-35(17-20)18-25(39)37-14-12-36(13-15-37)22-5-2-19(3-6-22)26-32-9-1-10-33-26;/h1-7,9-10,16,20,38H,8,11-15,17-18H2,(H,34,40);1H4/t20-;/m1./s1. The van der Waals surface area contributed by atoms with E-state index in [0.29, 0.717) is 51.5 Å². The van der Waals surface area contributed by atoms with Crippen molar-refractivity contribution in [3.63, 3.8) is 0 Å². The molecule has 1 aromatic heterocycles. The first-order valence-electron chi connectivity index (χ1n) is 13.0. The largest absolute Gasteiger partial charge is 0.507 e. The number of phenols is 1. The molecule has 0 spiro atoms. The summed E-state index contributed by atoms with van der Waals surface area (Å²) in [6.07, 6.45) is -0.820. The minimum atomic E-state index is -4.73. The summed E-state index contributed by atoms with van der Waals surface area (Å²) in [5.41, 5.74) is 0.759. The zero-order valence-corrected chi connectivity index (χ0v) is 21.6. The molecule has 0 radical (unpaired) electrons. The molecule has 2 saturated heterocycles. The fraction of sp³-hybridized carbons (Fsp3) is 0.379. The van der Waals surface area contributed by atoms with Crippen molar-refractivity contribution in [1.82, 2.24) is 19.8 Å². The second-order valence-electron chi connectivity index (χ2n) is 9.93. The van der Waals surface area contributed by atoms with Crippen LogP contribution in [0.1, 0.15) is 19.4 Å². The van der Waals surface area contributed by atoms with Gasteiger partial charge in [-0.3, -0.25) is 14.5 Å². The van der Waals surface area contributed by atoms with E-state index in [-0.39, 0.29) is 25.6 Å². The minimum absolute atomic E-state index is 0. The summed E-state index contributed by atoms with van der Waals surface area (Å²) in [6, 6.07) is 12.7. The molecular formula is C29H33F3N6O3. The topological polar surface area (TPSA) is 102 Å². The van der Waals surface area contributed by atoms with Gasteiger partial charge in [-0.15, -0.1) is 0 Å². The molecule has 12 heteroatoms. The fourth-order valence-corrected chi connectivity index (χ4v) is 5.05. The zero-order valence-electron chi connectivity index (χ0n) is 21.6. The van der Waals surface area contributed by atoms with Crippen molar-refractivity contribution in [2.45, 2.75) is 20.0 Å². The number of benzene rings is 2.